The van der Waals surface area contributed by atoms with E-state index in [0.717, 1.165) is 35.4 Å². The molecule has 3 aromatic heterocycles. The highest BCUT2D eigenvalue weighted by Crippen LogP contribution is 2.36. The molecule has 1 aromatic carbocycles. The van der Waals surface area contributed by atoms with Gasteiger partial charge in [0.1, 0.15) is 22.1 Å². The fourth-order valence-corrected chi connectivity index (χ4v) is 6.16. The predicted molar refractivity (Wildman–Crippen MR) is 138 cm³/mol. The molecular weight excluding hydrogens is 484 g/mol. The molecule has 0 unspecified atom stereocenters. The van der Waals surface area contributed by atoms with Gasteiger partial charge in [-0.05, 0) is 75.1 Å². The molecule has 10 heteroatoms. The second-order valence-electron chi connectivity index (χ2n) is 8.00. The standard InChI is InChI=1S/C25H24N4O4S2/c1-3-32-17-11-9-16(10-12-17)29-24(31)22-18-6-4-8-20(18)35-23(22)26-25(29)34-14-21(30)28-27-15(2)19-7-5-13-33-19/h5,7,9-13H,3-4,6,8,14H2,1-2H3,(H,28,30). The number of hydrogen-bond donors (Lipinski definition) is 1. The largest absolute Gasteiger partial charge is 0.494 e. The van der Waals surface area contributed by atoms with Gasteiger partial charge < -0.3 is 9.15 Å². The van der Waals surface area contributed by atoms with Crippen LogP contribution in [0.4, 0.5) is 0 Å². The van der Waals surface area contributed by atoms with Gasteiger partial charge in [-0.15, -0.1) is 11.3 Å². The lowest BCUT2D eigenvalue weighted by Crippen LogP contribution is -2.24. The van der Waals surface area contributed by atoms with Crippen molar-refractivity contribution in [3.8, 4) is 11.4 Å². The van der Waals surface area contributed by atoms with E-state index in [-0.39, 0.29) is 17.2 Å². The number of amides is 1. The summed E-state index contributed by atoms with van der Waals surface area (Å²) in [4.78, 5) is 33.0. The molecule has 180 valence electrons. The van der Waals surface area contributed by atoms with Crippen LogP contribution in [0, 0.1) is 0 Å². The molecule has 0 bridgehead atoms. The van der Waals surface area contributed by atoms with E-state index in [1.165, 1.54) is 16.6 Å². The molecule has 35 heavy (non-hydrogen) atoms. The Labute approximate surface area is 210 Å². The van der Waals surface area contributed by atoms with Crippen LogP contribution < -0.4 is 15.7 Å². The zero-order valence-corrected chi connectivity index (χ0v) is 21.0. The summed E-state index contributed by atoms with van der Waals surface area (Å²) in [5.74, 6) is 1.06. The van der Waals surface area contributed by atoms with Gasteiger partial charge in [0, 0.05) is 4.88 Å². The van der Waals surface area contributed by atoms with Crippen molar-refractivity contribution in [3.63, 3.8) is 0 Å². The Hall–Kier alpha value is -3.37. The Bertz CT molecular complexity index is 1450. The number of hydrazone groups is 1. The lowest BCUT2D eigenvalue weighted by atomic mass is 10.2. The maximum atomic E-state index is 13.7. The first-order valence-corrected chi connectivity index (χ1v) is 13.2. The zero-order valence-electron chi connectivity index (χ0n) is 19.4. The lowest BCUT2D eigenvalue weighted by Gasteiger charge is -2.13. The van der Waals surface area contributed by atoms with Crippen molar-refractivity contribution < 1.29 is 13.9 Å². The number of ether oxygens (including phenoxy) is 1. The SMILES string of the molecule is CCOc1ccc(-n2c(SCC(=O)NN=C(C)c3ccco3)nc3sc4c(c3c2=O)CCC4)cc1. The number of fused-ring (bicyclic) bond motifs is 3. The van der Waals surface area contributed by atoms with E-state index in [0.29, 0.717) is 34.3 Å². The summed E-state index contributed by atoms with van der Waals surface area (Å²) in [5, 5.41) is 5.26. The van der Waals surface area contributed by atoms with Crippen molar-refractivity contribution in [1.82, 2.24) is 15.0 Å². The highest BCUT2D eigenvalue weighted by atomic mass is 32.2. The summed E-state index contributed by atoms with van der Waals surface area (Å²) >= 11 is 2.79. The average Bonchev–Trinajstić information content (AvgIpc) is 3.60. The van der Waals surface area contributed by atoms with Crippen LogP contribution >= 0.6 is 23.1 Å². The number of benzene rings is 1. The van der Waals surface area contributed by atoms with E-state index in [9.17, 15) is 9.59 Å². The van der Waals surface area contributed by atoms with E-state index in [2.05, 4.69) is 10.5 Å². The molecule has 3 heterocycles. The minimum atomic E-state index is -0.304. The van der Waals surface area contributed by atoms with Crippen LogP contribution in [0.15, 0.2) is 62.1 Å². The Kier molecular flexibility index (Phi) is 6.74. The molecule has 8 nitrogen and oxygen atoms in total. The number of rotatable bonds is 8. The number of carbonyl (C=O) groups excluding carboxylic acids is 1. The summed E-state index contributed by atoms with van der Waals surface area (Å²) in [6, 6.07) is 10.9. The van der Waals surface area contributed by atoms with Crippen LogP contribution in [0.1, 0.15) is 36.5 Å². The highest BCUT2D eigenvalue weighted by Gasteiger charge is 2.24. The molecule has 0 fully saturated rings. The molecule has 5 rings (SSSR count). The van der Waals surface area contributed by atoms with Gasteiger partial charge in [0.15, 0.2) is 5.16 Å². The van der Waals surface area contributed by atoms with Crippen LogP contribution in [0.5, 0.6) is 5.75 Å². The number of carbonyl (C=O) groups is 1. The van der Waals surface area contributed by atoms with Gasteiger partial charge in [-0.2, -0.15) is 5.10 Å². The second kappa shape index (κ2) is 10.1. The molecule has 0 radical (unpaired) electrons. The van der Waals surface area contributed by atoms with Crippen LogP contribution in [0.2, 0.25) is 0 Å². The molecule has 0 atom stereocenters. The normalized spacial score (nSPS) is 13.3. The third kappa shape index (κ3) is 4.76. The van der Waals surface area contributed by atoms with Crippen molar-refractivity contribution in [2.45, 2.75) is 38.3 Å². The summed E-state index contributed by atoms with van der Waals surface area (Å²) < 4.78 is 12.4. The van der Waals surface area contributed by atoms with E-state index in [4.69, 9.17) is 14.1 Å². The molecular formula is C25H24N4O4S2. The summed E-state index contributed by atoms with van der Waals surface area (Å²) in [7, 11) is 0. The fraction of sp³-hybridized carbons (Fsp3) is 0.280. The van der Waals surface area contributed by atoms with Gasteiger partial charge in [-0.1, -0.05) is 11.8 Å². The molecule has 0 saturated carbocycles. The van der Waals surface area contributed by atoms with Crippen LogP contribution in [-0.2, 0) is 17.6 Å². The molecule has 0 saturated heterocycles. The van der Waals surface area contributed by atoms with Crippen LogP contribution in [-0.4, -0.2) is 33.5 Å². The number of nitrogens with zero attached hydrogens (tertiary/aromatic N) is 3. The first kappa shape index (κ1) is 23.4. The van der Waals surface area contributed by atoms with Crippen LogP contribution in [0.25, 0.3) is 15.9 Å². The van der Waals surface area contributed by atoms with E-state index in [1.54, 1.807) is 41.2 Å². The summed E-state index contributed by atoms with van der Waals surface area (Å²) in [5.41, 5.74) is 4.81. The van der Waals surface area contributed by atoms with E-state index in [1.807, 2.05) is 31.2 Å². The molecule has 1 aliphatic rings. The summed E-state index contributed by atoms with van der Waals surface area (Å²) in [6.45, 7) is 4.24. The van der Waals surface area contributed by atoms with Gasteiger partial charge in [-0.25, -0.2) is 10.4 Å². The number of aryl methyl sites for hydroxylation is 2. The van der Waals surface area contributed by atoms with Crippen molar-refractivity contribution in [2.24, 2.45) is 5.10 Å². The Balaban J connectivity index is 1.45. The molecule has 4 aromatic rings. The first-order valence-electron chi connectivity index (χ1n) is 11.4. The predicted octanol–water partition coefficient (Wildman–Crippen LogP) is 4.56. The topological polar surface area (TPSA) is 98.7 Å². The first-order chi connectivity index (χ1) is 17.0. The van der Waals surface area contributed by atoms with Crippen molar-refractivity contribution >= 4 is 44.9 Å². The number of hydrogen-bond acceptors (Lipinski definition) is 8. The number of furan rings is 1. The average molecular weight is 509 g/mol. The summed E-state index contributed by atoms with van der Waals surface area (Å²) in [6.07, 6.45) is 4.50. The highest BCUT2D eigenvalue weighted by molar-refractivity contribution is 7.99. The van der Waals surface area contributed by atoms with E-state index >= 15 is 0 Å². The third-order valence-electron chi connectivity index (χ3n) is 5.67. The quantitative estimate of drug-likeness (QED) is 0.162. The third-order valence-corrected chi connectivity index (χ3v) is 7.80. The van der Waals surface area contributed by atoms with Crippen molar-refractivity contribution in [1.29, 1.82) is 0 Å². The fourth-order valence-electron chi connectivity index (χ4n) is 4.06. The Morgan fingerprint density at radius 1 is 1.29 bits per heavy atom. The van der Waals surface area contributed by atoms with Gasteiger partial charge in [-0.3, -0.25) is 14.2 Å². The Morgan fingerprint density at radius 3 is 2.86 bits per heavy atom. The monoisotopic (exact) mass is 508 g/mol. The van der Waals surface area contributed by atoms with Crippen molar-refractivity contribution in [3.05, 3.63) is 69.2 Å². The number of thiophene rings is 1. The molecule has 1 amide bonds. The minimum Gasteiger partial charge on any atom is -0.494 e. The Morgan fingerprint density at radius 2 is 2.11 bits per heavy atom. The number of thioether (sulfide) groups is 1. The van der Waals surface area contributed by atoms with Gasteiger partial charge in [0.25, 0.3) is 11.5 Å². The molecule has 0 aliphatic heterocycles. The van der Waals surface area contributed by atoms with Gasteiger partial charge in [0.2, 0.25) is 0 Å². The number of nitrogens with one attached hydrogen (secondary N) is 1. The molecule has 1 N–H and O–H groups in total. The molecule has 0 spiro atoms. The maximum absolute atomic E-state index is 13.7. The molecule has 1 aliphatic carbocycles. The van der Waals surface area contributed by atoms with Gasteiger partial charge >= 0.3 is 0 Å². The minimum absolute atomic E-state index is 0.0506. The zero-order chi connectivity index (χ0) is 24.4. The van der Waals surface area contributed by atoms with Gasteiger partial charge in [0.05, 0.1) is 29.7 Å². The lowest BCUT2D eigenvalue weighted by molar-refractivity contribution is -0.118. The smallest absolute Gasteiger partial charge is 0.267 e. The maximum Gasteiger partial charge on any atom is 0.267 e. The van der Waals surface area contributed by atoms with Crippen molar-refractivity contribution in [2.75, 3.05) is 12.4 Å². The van der Waals surface area contributed by atoms with Crippen LogP contribution in [0.3, 0.4) is 0 Å². The number of aromatic nitrogens is 2. The van der Waals surface area contributed by atoms with E-state index < -0.39 is 0 Å². The second-order valence-corrected chi connectivity index (χ2v) is 10.0.